The van der Waals surface area contributed by atoms with Gasteiger partial charge in [-0.3, -0.25) is 4.79 Å². The Kier molecular flexibility index (Phi) is 4.62. The molecule has 0 aromatic carbocycles. The molecule has 2 rings (SSSR count). The topological polar surface area (TPSA) is 26.3 Å². The molecule has 0 bridgehead atoms. The maximum atomic E-state index is 11.9. The Morgan fingerprint density at radius 1 is 1.50 bits per heavy atom. The number of hydrogen-bond acceptors (Lipinski definition) is 4. The van der Waals surface area contributed by atoms with Gasteiger partial charge in [-0.25, -0.2) is 0 Å². The van der Waals surface area contributed by atoms with E-state index in [1.54, 1.807) is 11.8 Å². The van der Waals surface area contributed by atoms with Crippen LogP contribution in [0.2, 0.25) is 0 Å². The van der Waals surface area contributed by atoms with Gasteiger partial charge in [-0.15, -0.1) is 0 Å². The summed E-state index contributed by atoms with van der Waals surface area (Å²) in [5.41, 5.74) is 0.0578. The van der Waals surface area contributed by atoms with Gasteiger partial charge >= 0.3 is 0 Å². The van der Waals surface area contributed by atoms with Gasteiger partial charge in [0.1, 0.15) is 5.78 Å². The van der Waals surface area contributed by atoms with Crippen LogP contribution >= 0.6 is 23.5 Å². The molecule has 2 heterocycles. The summed E-state index contributed by atoms with van der Waals surface area (Å²) in [5, 5.41) is 0. The van der Waals surface area contributed by atoms with E-state index in [-0.39, 0.29) is 11.5 Å². The summed E-state index contributed by atoms with van der Waals surface area (Å²) < 4.78 is 5.99. The molecule has 1 spiro atoms. The molecule has 2 aliphatic rings. The van der Waals surface area contributed by atoms with Crippen LogP contribution in [-0.2, 0) is 9.53 Å². The zero-order valence-electron chi connectivity index (χ0n) is 9.87. The van der Waals surface area contributed by atoms with Gasteiger partial charge in [0.2, 0.25) is 0 Å². The minimum Gasteiger partial charge on any atom is -0.375 e. The zero-order chi connectivity index (χ0) is 11.4. The number of Topliss-reactive ketones (excluding diaryl/α,β-unsaturated/α-hetero) is 1. The highest BCUT2D eigenvalue weighted by atomic mass is 32.2. The second kappa shape index (κ2) is 5.78. The fourth-order valence-corrected chi connectivity index (χ4v) is 4.41. The van der Waals surface area contributed by atoms with Crippen molar-refractivity contribution in [3.8, 4) is 0 Å². The predicted octanol–water partition coefficient (Wildman–Crippen LogP) is 2.61. The Bertz CT molecular complexity index is 244. The highest BCUT2D eigenvalue weighted by molar-refractivity contribution is 7.99. The Morgan fingerprint density at radius 3 is 2.94 bits per heavy atom. The lowest BCUT2D eigenvalue weighted by Gasteiger charge is -2.42. The van der Waals surface area contributed by atoms with Crippen LogP contribution in [0, 0.1) is 5.92 Å². The first-order valence-electron chi connectivity index (χ1n) is 5.99. The van der Waals surface area contributed by atoms with E-state index in [1.807, 2.05) is 18.0 Å². The van der Waals surface area contributed by atoms with Crippen LogP contribution in [0.25, 0.3) is 0 Å². The Morgan fingerprint density at radius 2 is 2.25 bits per heavy atom. The second-order valence-corrected chi connectivity index (χ2v) is 6.82. The maximum absolute atomic E-state index is 11.9. The monoisotopic (exact) mass is 260 g/mol. The number of rotatable bonds is 3. The molecule has 0 amide bonds. The molecule has 1 atom stereocenters. The Hall–Kier alpha value is 0.330. The lowest BCUT2D eigenvalue weighted by molar-refractivity contribution is -0.136. The minimum atomic E-state index is 0.0578. The van der Waals surface area contributed by atoms with Crippen molar-refractivity contribution in [2.24, 2.45) is 5.92 Å². The number of hydrogen-bond donors (Lipinski definition) is 0. The number of ether oxygens (including phenoxy) is 1. The van der Waals surface area contributed by atoms with Gasteiger partial charge in [-0.1, -0.05) is 0 Å². The molecule has 0 radical (unpaired) electrons. The third kappa shape index (κ3) is 2.96. The smallest absolute Gasteiger partial charge is 0.145 e. The molecule has 0 aliphatic carbocycles. The third-order valence-corrected chi connectivity index (χ3v) is 5.20. The van der Waals surface area contributed by atoms with E-state index in [1.165, 1.54) is 11.5 Å². The largest absolute Gasteiger partial charge is 0.375 e. The summed E-state index contributed by atoms with van der Waals surface area (Å²) in [6.45, 7) is 0.787. The summed E-state index contributed by atoms with van der Waals surface area (Å²) in [6, 6.07) is 0. The van der Waals surface area contributed by atoms with Crippen LogP contribution in [-0.4, -0.2) is 41.5 Å². The number of ketones is 1. The van der Waals surface area contributed by atoms with Crippen LogP contribution in [0.15, 0.2) is 0 Å². The first kappa shape index (κ1) is 12.8. The van der Waals surface area contributed by atoms with Gasteiger partial charge in [-0.2, -0.15) is 23.5 Å². The van der Waals surface area contributed by atoms with E-state index in [2.05, 4.69) is 0 Å². The van der Waals surface area contributed by atoms with Gasteiger partial charge in [0, 0.05) is 12.5 Å². The number of carbonyl (C=O) groups is 1. The average molecular weight is 260 g/mol. The van der Waals surface area contributed by atoms with Crippen molar-refractivity contribution in [2.45, 2.75) is 31.3 Å². The van der Waals surface area contributed by atoms with E-state index in [0.29, 0.717) is 11.5 Å². The molecule has 0 aromatic rings. The van der Waals surface area contributed by atoms with Gasteiger partial charge in [0.15, 0.2) is 0 Å². The lowest BCUT2D eigenvalue weighted by Crippen LogP contribution is -2.44. The van der Waals surface area contributed by atoms with Crippen LogP contribution in [0.3, 0.4) is 0 Å². The van der Waals surface area contributed by atoms with Crippen molar-refractivity contribution < 1.29 is 9.53 Å². The Balaban J connectivity index is 1.94. The maximum Gasteiger partial charge on any atom is 0.145 e. The van der Waals surface area contributed by atoms with E-state index in [9.17, 15) is 4.79 Å². The van der Waals surface area contributed by atoms with Crippen molar-refractivity contribution in [2.75, 3.05) is 30.1 Å². The summed E-state index contributed by atoms with van der Waals surface area (Å²) in [5.74, 6) is 3.78. The molecule has 16 heavy (non-hydrogen) atoms. The second-order valence-electron chi connectivity index (χ2n) is 4.73. The quantitative estimate of drug-likeness (QED) is 0.779. The normalized spacial score (nSPS) is 29.2. The third-order valence-electron chi connectivity index (χ3n) is 3.64. The highest BCUT2D eigenvalue weighted by Crippen LogP contribution is 2.40. The fraction of sp³-hybridized carbons (Fsp3) is 0.917. The predicted molar refractivity (Wildman–Crippen MR) is 71.4 cm³/mol. The molecular weight excluding hydrogens is 240 g/mol. The van der Waals surface area contributed by atoms with Gasteiger partial charge < -0.3 is 4.74 Å². The summed E-state index contributed by atoms with van der Waals surface area (Å²) >= 11 is 3.66. The first-order valence-corrected chi connectivity index (χ1v) is 8.54. The summed E-state index contributed by atoms with van der Waals surface area (Å²) in [4.78, 5) is 11.9. The van der Waals surface area contributed by atoms with Crippen LogP contribution in [0.5, 0.6) is 0 Å². The first-order chi connectivity index (χ1) is 7.76. The minimum absolute atomic E-state index is 0.0578. The van der Waals surface area contributed by atoms with Gasteiger partial charge in [0.05, 0.1) is 11.4 Å². The molecule has 2 nitrogen and oxygen atoms in total. The standard InChI is InChI=1S/C12H20O2S2/c1-15-9-11(13)10-2-5-14-12(8-10)3-6-16-7-4-12/h10H,2-9H2,1H3. The molecule has 1 unspecified atom stereocenters. The summed E-state index contributed by atoms with van der Waals surface area (Å²) in [7, 11) is 0. The van der Waals surface area contributed by atoms with E-state index >= 15 is 0 Å². The van der Waals surface area contributed by atoms with E-state index in [4.69, 9.17) is 4.74 Å². The van der Waals surface area contributed by atoms with Crippen LogP contribution in [0.1, 0.15) is 25.7 Å². The van der Waals surface area contributed by atoms with Crippen molar-refractivity contribution in [1.29, 1.82) is 0 Å². The van der Waals surface area contributed by atoms with Crippen LogP contribution in [0.4, 0.5) is 0 Å². The van der Waals surface area contributed by atoms with Gasteiger partial charge in [-0.05, 0) is 43.4 Å². The molecule has 2 aliphatic heterocycles. The average Bonchev–Trinajstić information content (AvgIpc) is 2.30. The highest BCUT2D eigenvalue weighted by Gasteiger charge is 2.40. The lowest BCUT2D eigenvalue weighted by atomic mass is 9.80. The van der Waals surface area contributed by atoms with Gasteiger partial charge in [0.25, 0.3) is 0 Å². The summed E-state index contributed by atoms with van der Waals surface area (Å²) in [6.07, 6.45) is 6.20. The SMILES string of the molecule is CSCC(=O)C1CCOC2(CCSCC2)C1. The van der Waals surface area contributed by atoms with E-state index < -0.39 is 0 Å². The molecule has 4 heteroatoms. The number of carbonyl (C=O) groups excluding carboxylic acids is 1. The fourth-order valence-electron chi connectivity index (χ4n) is 2.65. The Labute approximate surface area is 106 Å². The molecule has 2 saturated heterocycles. The molecule has 0 saturated carbocycles. The van der Waals surface area contributed by atoms with Crippen molar-refractivity contribution in [3.05, 3.63) is 0 Å². The molecule has 0 N–H and O–H groups in total. The molecule has 0 aromatic heterocycles. The molecule has 92 valence electrons. The molecule has 2 fully saturated rings. The van der Waals surface area contributed by atoms with Crippen LogP contribution < -0.4 is 0 Å². The van der Waals surface area contributed by atoms with Crippen molar-refractivity contribution >= 4 is 29.3 Å². The molecular formula is C12H20O2S2. The van der Waals surface area contributed by atoms with Crippen molar-refractivity contribution in [3.63, 3.8) is 0 Å². The van der Waals surface area contributed by atoms with Crippen molar-refractivity contribution in [1.82, 2.24) is 0 Å². The van der Waals surface area contributed by atoms with E-state index in [0.717, 1.165) is 32.3 Å². The zero-order valence-corrected chi connectivity index (χ0v) is 11.5. The number of thioether (sulfide) groups is 2.